The molecule has 0 amide bonds. The van der Waals surface area contributed by atoms with Crippen molar-refractivity contribution in [3.63, 3.8) is 0 Å². The molecular weight excluding hydrogens is 490 g/mol. The molecule has 6 rings (SSSR count). The maximum Gasteiger partial charge on any atom is 0.0543 e. The molecule has 2 heteroatoms. The predicted molar refractivity (Wildman–Crippen MR) is 152 cm³/mol. The maximum absolute atomic E-state index is 3.72. The molecule has 1 fully saturated rings. The van der Waals surface area contributed by atoms with Gasteiger partial charge in [0.2, 0.25) is 0 Å². The van der Waals surface area contributed by atoms with Gasteiger partial charge in [-0.3, -0.25) is 0 Å². The van der Waals surface area contributed by atoms with Gasteiger partial charge < -0.3 is 4.90 Å². The molecule has 0 unspecified atom stereocenters. The second kappa shape index (κ2) is 8.99. The molecule has 0 atom stereocenters. The third-order valence-electron chi connectivity index (χ3n) is 8.12. The predicted octanol–water partition coefficient (Wildman–Crippen LogP) is 10.3. The average Bonchev–Trinajstić information content (AvgIpc) is 3.13. The molecule has 1 saturated carbocycles. The molecule has 1 nitrogen and oxygen atoms in total. The molecule has 0 N–H and O–H groups in total. The fourth-order valence-electron chi connectivity index (χ4n) is 6.30. The lowest BCUT2D eigenvalue weighted by Gasteiger charge is -2.29. The number of nitrogens with zero attached hydrogens (tertiary/aromatic N) is 1. The molecule has 0 radical (unpaired) electrons. The molecule has 35 heavy (non-hydrogen) atoms. The smallest absolute Gasteiger partial charge is 0.0543 e. The monoisotopic (exact) mass is 521 g/mol. The topological polar surface area (TPSA) is 3.24 Å². The summed E-state index contributed by atoms with van der Waals surface area (Å²) in [4.78, 5) is 2.44. The van der Waals surface area contributed by atoms with Gasteiger partial charge in [-0.05, 0) is 77.4 Å². The van der Waals surface area contributed by atoms with E-state index in [0.29, 0.717) is 5.92 Å². The van der Waals surface area contributed by atoms with Crippen LogP contribution in [0.3, 0.4) is 0 Å². The van der Waals surface area contributed by atoms with Crippen molar-refractivity contribution < 1.29 is 0 Å². The minimum Gasteiger partial charge on any atom is -0.310 e. The zero-order valence-corrected chi connectivity index (χ0v) is 22.2. The van der Waals surface area contributed by atoms with Crippen molar-refractivity contribution in [1.82, 2.24) is 0 Å². The molecule has 2 aliphatic rings. The molecule has 4 aromatic carbocycles. The highest BCUT2D eigenvalue weighted by Crippen LogP contribution is 2.54. The number of fused-ring (bicyclic) bond motifs is 3. The lowest BCUT2D eigenvalue weighted by Crippen LogP contribution is -2.16. The SMILES string of the molecule is CC1(C)c2ccccc2-c2c(N(c3ccc(C4CCCCC4)cc3)c3cccc(Br)c3)cccc21. The van der Waals surface area contributed by atoms with Crippen molar-refractivity contribution in [2.24, 2.45) is 0 Å². The molecule has 0 aromatic heterocycles. The Labute approximate surface area is 218 Å². The first-order chi connectivity index (χ1) is 17.0. The van der Waals surface area contributed by atoms with E-state index in [1.807, 2.05) is 0 Å². The van der Waals surface area contributed by atoms with Gasteiger partial charge in [0.15, 0.2) is 0 Å². The highest BCUT2D eigenvalue weighted by molar-refractivity contribution is 9.10. The van der Waals surface area contributed by atoms with Crippen molar-refractivity contribution in [2.45, 2.75) is 57.3 Å². The summed E-state index contributed by atoms with van der Waals surface area (Å²) in [6.45, 7) is 4.70. The Morgan fingerprint density at radius 1 is 0.714 bits per heavy atom. The molecule has 0 bridgehead atoms. The Morgan fingerprint density at radius 2 is 1.43 bits per heavy atom. The van der Waals surface area contributed by atoms with Crippen molar-refractivity contribution in [2.75, 3.05) is 4.90 Å². The first-order valence-corrected chi connectivity index (χ1v) is 13.7. The van der Waals surface area contributed by atoms with E-state index in [1.165, 1.54) is 77.0 Å². The van der Waals surface area contributed by atoms with Crippen molar-refractivity contribution in [1.29, 1.82) is 0 Å². The number of rotatable bonds is 4. The first-order valence-electron chi connectivity index (χ1n) is 12.9. The van der Waals surface area contributed by atoms with Gasteiger partial charge in [-0.2, -0.15) is 0 Å². The highest BCUT2D eigenvalue weighted by Gasteiger charge is 2.37. The van der Waals surface area contributed by atoms with E-state index in [-0.39, 0.29) is 5.41 Å². The quantitative estimate of drug-likeness (QED) is 0.258. The van der Waals surface area contributed by atoms with E-state index in [9.17, 15) is 0 Å². The third-order valence-corrected chi connectivity index (χ3v) is 8.61. The van der Waals surface area contributed by atoms with E-state index >= 15 is 0 Å². The van der Waals surface area contributed by atoms with Crippen LogP contribution >= 0.6 is 15.9 Å². The Bertz CT molecular complexity index is 1360. The number of halogens is 1. The van der Waals surface area contributed by atoms with Gasteiger partial charge in [0, 0.05) is 26.8 Å². The van der Waals surface area contributed by atoms with Gasteiger partial charge in [0.1, 0.15) is 0 Å². The van der Waals surface area contributed by atoms with Crippen LogP contribution in [0.25, 0.3) is 11.1 Å². The molecule has 0 saturated heterocycles. The number of anilines is 3. The van der Waals surface area contributed by atoms with E-state index in [2.05, 4.69) is 126 Å². The van der Waals surface area contributed by atoms with Gasteiger partial charge in [-0.25, -0.2) is 0 Å². The Kier molecular flexibility index (Phi) is 5.81. The van der Waals surface area contributed by atoms with Crippen LogP contribution in [-0.4, -0.2) is 0 Å². The second-order valence-corrected chi connectivity index (χ2v) is 11.5. The van der Waals surface area contributed by atoms with Crippen molar-refractivity contribution in [3.05, 3.63) is 112 Å². The van der Waals surface area contributed by atoms with Crippen LogP contribution in [0.5, 0.6) is 0 Å². The number of benzene rings is 4. The fraction of sp³-hybridized carbons (Fsp3) is 0.273. The van der Waals surface area contributed by atoms with Crippen molar-refractivity contribution in [3.8, 4) is 11.1 Å². The molecule has 4 aromatic rings. The summed E-state index contributed by atoms with van der Waals surface area (Å²) in [5, 5.41) is 0. The third kappa shape index (κ3) is 3.93. The van der Waals surface area contributed by atoms with Crippen LogP contribution < -0.4 is 4.90 Å². The zero-order chi connectivity index (χ0) is 24.0. The summed E-state index contributed by atoms with van der Waals surface area (Å²) in [5.41, 5.74) is 10.6. The van der Waals surface area contributed by atoms with Crippen LogP contribution in [0.4, 0.5) is 17.1 Å². The fourth-order valence-corrected chi connectivity index (χ4v) is 6.68. The summed E-state index contributed by atoms with van der Waals surface area (Å²) >= 11 is 3.72. The van der Waals surface area contributed by atoms with E-state index in [0.717, 1.165) is 4.47 Å². The van der Waals surface area contributed by atoms with Crippen LogP contribution in [0, 0.1) is 0 Å². The number of hydrogen-bond donors (Lipinski definition) is 0. The molecule has 2 aliphatic carbocycles. The minimum atomic E-state index is -0.0181. The van der Waals surface area contributed by atoms with Gasteiger partial charge in [-0.1, -0.05) is 104 Å². The summed E-state index contributed by atoms with van der Waals surface area (Å²) in [7, 11) is 0. The largest absolute Gasteiger partial charge is 0.310 e. The Hall–Kier alpha value is -2.84. The first kappa shape index (κ1) is 22.6. The summed E-state index contributed by atoms with van der Waals surface area (Å²) < 4.78 is 1.09. The molecular formula is C33H32BrN. The van der Waals surface area contributed by atoms with Gasteiger partial charge in [0.25, 0.3) is 0 Å². The van der Waals surface area contributed by atoms with Gasteiger partial charge in [0.05, 0.1) is 5.69 Å². The van der Waals surface area contributed by atoms with Crippen LogP contribution in [0.2, 0.25) is 0 Å². The summed E-state index contributed by atoms with van der Waals surface area (Å²) in [5.74, 6) is 0.714. The lowest BCUT2D eigenvalue weighted by atomic mass is 9.82. The number of hydrogen-bond acceptors (Lipinski definition) is 1. The molecule has 0 heterocycles. The van der Waals surface area contributed by atoms with Gasteiger partial charge in [-0.15, -0.1) is 0 Å². The van der Waals surface area contributed by atoms with Crippen LogP contribution in [0.1, 0.15) is 68.6 Å². The van der Waals surface area contributed by atoms with E-state index in [4.69, 9.17) is 0 Å². The van der Waals surface area contributed by atoms with Crippen LogP contribution in [-0.2, 0) is 5.41 Å². The second-order valence-electron chi connectivity index (χ2n) is 10.6. The molecule has 0 spiro atoms. The normalized spacial score (nSPS) is 16.5. The lowest BCUT2D eigenvalue weighted by molar-refractivity contribution is 0.443. The maximum atomic E-state index is 3.72. The van der Waals surface area contributed by atoms with Crippen LogP contribution in [0.15, 0.2) is 95.5 Å². The molecule has 176 valence electrons. The molecule has 0 aliphatic heterocycles. The standard InChI is InChI=1S/C33H32BrN/c1-33(2)29-15-7-6-14-28(29)32-30(33)16-9-17-31(32)35(27-13-8-12-25(34)22-27)26-20-18-24(19-21-26)23-10-4-3-5-11-23/h6-9,12-23H,3-5,10-11H2,1-2H3. The van der Waals surface area contributed by atoms with Crippen molar-refractivity contribution >= 4 is 33.0 Å². The average molecular weight is 523 g/mol. The summed E-state index contributed by atoms with van der Waals surface area (Å²) in [6.07, 6.45) is 6.77. The van der Waals surface area contributed by atoms with E-state index < -0.39 is 0 Å². The minimum absolute atomic E-state index is 0.0181. The zero-order valence-electron chi connectivity index (χ0n) is 20.6. The van der Waals surface area contributed by atoms with Gasteiger partial charge >= 0.3 is 0 Å². The Balaban J connectivity index is 1.52. The highest BCUT2D eigenvalue weighted by atomic mass is 79.9. The Morgan fingerprint density at radius 3 is 2.20 bits per heavy atom. The van der Waals surface area contributed by atoms with E-state index in [1.54, 1.807) is 0 Å². The summed E-state index contributed by atoms with van der Waals surface area (Å²) in [6, 6.07) is 33.8.